The minimum Gasteiger partial charge on any atom is -0.490 e. The third-order valence-electron chi connectivity index (χ3n) is 3.77. The molecule has 4 heteroatoms. The van der Waals surface area contributed by atoms with Crippen molar-refractivity contribution in [3.8, 4) is 11.5 Å². The van der Waals surface area contributed by atoms with Crippen molar-refractivity contribution in [2.24, 2.45) is 5.92 Å². The van der Waals surface area contributed by atoms with E-state index in [1.807, 2.05) is 26.0 Å². The molecule has 20 heavy (non-hydrogen) atoms. The van der Waals surface area contributed by atoms with Gasteiger partial charge in [-0.05, 0) is 43.9 Å². The van der Waals surface area contributed by atoms with Gasteiger partial charge < -0.3 is 9.47 Å². The Morgan fingerprint density at radius 1 is 1.20 bits per heavy atom. The van der Waals surface area contributed by atoms with Crippen molar-refractivity contribution in [3.63, 3.8) is 0 Å². The van der Waals surface area contributed by atoms with E-state index in [1.54, 1.807) is 0 Å². The maximum absolute atomic E-state index is 6.59. The van der Waals surface area contributed by atoms with Gasteiger partial charge in [0.2, 0.25) is 0 Å². The quantitative estimate of drug-likeness (QED) is 0.578. The zero-order valence-corrected chi connectivity index (χ0v) is 14.5. The Morgan fingerprint density at radius 3 is 2.30 bits per heavy atom. The highest BCUT2D eigenvalue weighted by Crippen LogP contribution is 2.43. The lowest BCUT2D eigenvalue weighted by Crippen LogP contribution is -2.13. The third-order valence-corrected chi connectivity index (χ3v) is 4.87. The van der Waals surface area contributed by atoms with Crippen molar-refractivity contribution in [2.75, 3.05) is 13.2 Å². The molecule has 0 bridgehead atoms. The van der Waals surface area contributed by atoms with Gasteiger partial charge in [-0.25, -0.2) is 0 Å². The van der Waals surface area contributed by atoms with Crippen LogP contribution in [0.5, 0.6) is 11.5 Å². The van der Waals surface area contributed by atoms with E-state index >= 15 is 0 Å². The second-order valence-corrected chi connectivity index (χ2v) is 6.57. The first kappa shape index (κ1) is 16.0. The lowest BCUT2D eigenvalue weighted by molar-refractivity contribution is 0.284. The van der Waals surface area contributed by atoms with Crippen molar-refractivity contribution in [2.45, 2.75) is 44.9 Å². The van der Waals surface area contributed by atoms with Crippen LogP contribution in [0.4, 0.5) is 0 Å². The van der Waals surface area contributed by atoms with Crippen LogP contribution < -0.4 is 9.47 Å². The van der Waals surface area contributed by atoms with Gasteiger partial charge in [0.25, 0.3) is 0 Å². The van der Waals surface area contributed by atoms with Gasteiger partial charge in [0, 0.05) is 4.47 Å². The Kier molecular flexibility index (Phi) is 6.03. The summed E-state index contributed by atoms with van der Waals surface area (Å²) in [6, 6.07) is 3.99. The molecule has 0 amide bonds. The van der Waals surface area contributed by atoms with E-state index in [0.29, 0.717) is 13.2 Å². The molecule has 1 atom stereocenters. The van der Waals surface area contributed by atoms with Crippen LogP contribution in [0.1, 0.15) is 50.5 Å². The molecule has 1 unspecified atom stereocenters. The predicted octanol–water partition coefficient (Wildman–Crippen LogP) is 5.72. The van der Waals surface area contributed by atoms with Gasteiger partial charge in [-0.15, -0.1) is 11.6 Å². The molecular formula is C16H22BrClO2. The van der Waals surface area contributed by atoms with E-state index in [4.69, 9.17) is 21.1 Å². The number of hydrogen-bond acceptors (Lipinski definition) is 2. The number of alkyl halides is 1. The van der Waals surface area contributed by atoms with E-state index < -0.39 is 0 Å². The van der Waals surface area contributed by atoms with Gasteiger partial charge in [0.1, 0.15) is 0 Å². The van der Waals surface area contributed by atoms with Crippen LogP contribution in [0.25, 0.3) is 0 Å². The first-order valence-electron chi connectivity index (χ1n) is 7.38. The Balaban J connectivity index is 2.20. The number of ether oxygens (including phenoxy) is 2. The molecular weight excluding hydrogens is 340 g/mol. The third kappa shape index (κ3) is 3.82. The second-order valence-electron chi connectivity index (χ2n) is 5.19. The van der Waals surface area contributed by atoms with Crippen LogP contribution in [0.15, 0.2) is 16.6 Å². The summed E-state index contributed by atoms with van der Waals surface area (Å²) in [5, 5.41) is 0.0320. The summed E-state index contributed by atoms with van der Waals surface area (Å²) in [6.45, 7) is 5.19. The molecule has 1 saturated carbocycles. The smallest absolute Gasteiger partial charge is 0.162 e. The monoisotopic (exact) mass is 360 g/mol. The van der Waals surface area contributed by atoms with Gasteiger partial charge in [0.15, 0.2) is 11.5 Å². The normalized spacial score (nSPS) is 16.6. The number of hydrogen-bond donors (Lipinski definition) is 0. The average molecular weight is 362 g/mol. The summed E-state index contributed by atoms with van der Waals surface area (Å²) in [5.41, 5.74) is 1.10. The van der Waals surface area contributed by atoms with Crippen LogP contribution in [-0.4, -0.2) is 13.2 Å². The lowest BCUT2D eigenvalue weighted by atomic mass is 9.81. The first-order valence-corrected chi connectivity index (χ1v) is 8.61. The molecule has 0 spiro atoms. The second kappa shape index (κ2) is 7.56. The molecule has 0 aliphatic heterocycles. The van der Waals surface area contributed by atoms with Crippen LogP contribution in [-0.2, 0) is 0 Å². The van der Waals surface area contributed by atoms with Crippen molar-refractivity contribution >= 4 is 27.5 Å². The average Bonchev–Trinajstić information content (AvgIpc) is 2.37. The molecule has 0 saturated heterocycles. The van der Waals surface area contributed by atoms with Gasteiger partial charge in [-0.3, -0.25) is 0 Å². The number of rotatable bonds is 7. The molecule has 1 aliphatic rings. The van der Waals surface area contributed by atoms with Crippen molar-refractivity contribution in [1.29, 1.82) is 0 Å². The first-order chi connectivity index (χ1) is 9.65. The largest absolute Gasteiger partial charge is 0.490 e. The van der Waals surface area contributed by atoms with Crippen molar-refractivity contribution < 1.29 is 9.47 Å². The summed E-state index contributed by atoms with van der Waals surface area (Å²) in [5.74, 6) is 2.34. The molecule has 0 radical (unpaired) electrons. The minimum absolute atomic E-state index is 0.0320. The predicted molar refractivity (Wildman–Crippen MR) is 87.0 cm³/mol. The zero-order chi connectivity index (χ0) is 14.5. The SMILES string of the molecule is CCOc1cc(Br)c(C(Cl)CC2CCC2)cc1OCC. The molecule has 0 heterocycles. The summed E-state index contributed by atoms with van der Waals surface area (Å²) < 4.78 is 12.3. The molecule has 0 N–H and O–H groups in total. The molecule has 1 fully saturated rings. The topological polar surface area (TPSA) is 18.5 Å². The van der Waals surface area contributed by atoms with E-state index in [0.717, 1.165) is 33.9 Å². The maximum Gasteiger partial charge on any atom is 0.162 e. The molecule has 2 rings (SSSR count). The Morgan fingerprint density at radius 2 is 1.80 bits per heavy atom. The summed E-state index contributed by atoms with van der Waals surface area (Å²) in [7, 11) is 0. The van der Waals surface area contributed by atoms with Crippen LogP contribution in [0.3, 0.4) is 0 Å². The Labute approximate surface area is 134 Å². The lowest BCUT2D eigenvalue weighted by Gasteiger charge is -2.28. The van der Waals surface area contributed by atoms with Crippen LogP contribution in [0, 0.1) is 5.92 Å². The van der Waals surface area contributed by atoms with Crippen molar-refractivity contribution in [1.82, 2.24) is 0 Å². The van der Waals surface area contributed by atoms with Gasteiger partial charge in [-0.2, -0.15) is 0 Å². The van der Waals surface area contributed by atoms with Gasteiger partial charge in [-0.1, -0.05) is 35.2 Å². The maximum atomic E-state index is 6.59. The fourth-order valence-electron chi connectivity index (χ4n) is 2.48. The molecule has 1 aromatic carbocycles. The van der Waals surface area contributed by atoms with E-state index in [2.05, 4.69) is 15.9 Å². The minimum atomic E-state index is 0.0320. The highest BCUT2D eigenvalue weighted by Gasteiger charge is 2.24. The standard InChI is InChI=1S/C16H22BrClO2/c1-3-19-15-9-12(13(17)10-16(15)20-4-2)14(18)8-11-6-5-7-11/h9-11,14H,3-8H2,1-2H3. The molecule has 1 aromatic rings. The Hall–Kier alpha value is -0.410. The van der Waals surface area contributed by atoms with E-state index in [9.17, 15) is 0 Å². The highest BCUT2D eigenvalue weighted by atomic mass is 79.9. The molecule has 1 aliphatic carbocycles. The molecule has 0 aromatic heterocycles. The van der Waals surface area contributed by atoms with Gasteiger partial charge in [0.05, 0.1) is 18.6 Å². The molecule has 112 valence electrons. The summed E-state index contributed by atoms with van der Waals surface area (Å²) >= 11 is 10.2. The van der Waals surface area contributed by atoms with E-state index in [-0.39, 0.29) is 5.38 Å². The van der Waals surface area contributed by atoms with E-state index in [1.165, 1.54) is 19.3 Å². The number of halogens is 2. The fraction of sp³-hybridized carbons (Fsp3) is 0.625. The van der Waals surface area contributed by atoms with Crippen LogP contribution >= 0.6 is 27.5 Å². The Bertz CT molecular complexity index is 446. The number of benzene rings is 1. The van der Waals surface area contributed by atoms with Crippen molar-refractivity contribution in [3.05, 3.63) is 22.2 Å². The molecule has 2 nitrogen and oxygen atoms in total. The highest BCUT2D eigenvalue weighted by molar-refractivity contribution is 9.10. The summed E-state index contributed by atoms with van der Waals surface area (Å²) in [6.07, 6.45) is 5.02. The van der Waals surface area contributed by atoms with Gasteiger partial charge >= 0.3 is 0 Å². The van der Waals surface area contributed by atoms with Crippen LogP contribution in [0.2, 0.25) is 0 Å². The fourth-order valence-corrected chi connectivity index (χ4v) is 3.64. The summed E-state index contributed by atoms with van der Waals surface area (Å²) in [4.78, 5) is 0. The zero-order valence-electron chi connectivity index (χ0n) is 12.1.